The van der Waals surface area contributed by atoms with Gasteiger partial charge >= 0.3 is 27.5 Å². The summed E-state index contributed by atoms with van der Waals surface area (Å²) < 4.78 is 123. The molecular weight excluding hydrogens is 655 g/mol. The second kappa shape index (κ2) is 12.4. The summed E-state index contributed by atoms with van der Waals surface area (Å²) in [7, 11) is -7.86. The van der Waals surface area contributed by atoms with E-state index in [1.54, 1.807) is 36.4 Å². The first-order valence-corrected chi connectivity index (χ1v) is 19.0. The fraction of sp³-hybridized carbons (Fsp3) is 0.656. The van der Waals surface area contributed by atoms with Crippen molar-refractivity contribution in [1.82, 2.24) is 0 Å². The van der Waals surface area contributed by atoms with Gasteiger partial charge in [0.1, 0.15) is 12.4 Å². The van der Waals surface area contributed by atoms with Crippen molar-refractivity contribution in [2.24, 2.45) is 23.2 Å². The maximum atomic E-state index is 16.0. The minimum absolute atomic E-state index is 0.0555. The third kappa shape index (κ3) is 6.11. The first-order valence-electron chi connectivity index (χ1n) is 15.7. The zero-order chi connectivity index (χ0) is 33.0. The van der Waals surface area contributed by atoms with Crippen LogP contribution in [0, 0.1) is 23.2 Å². The van der Waals surface area contributed by atoms with Crippen LogP contribution in [0.4, 0.5) is 22.0 Å². The smallest absolute Gasteiger partial charge is 0.432 e. The Morgan fingerprint density at radius 3 is 2.04 bits per heavy atom. The average molecular weight is 695 g/mol. The van der Waals surface area contributed by atoms with Crippen LogP contribution in [0.5, 0.6) is 5.75 Å². The predicted molar refractivity (Wildman–Crippen MR) is 162 cm³/mol. The van der Waals surface area contributed by atoms with Crippen LogP contribution < -0.4 is 4.74 Å². The number of hydrogen-bond acceptors (Lipinski definition) is 7. The monoisotopic (exact) mass is 694 g/mol. The summed E-state index contributed by atoms with van der Waals surface area (Å²) in [5.74, 6) is -0.465. The molecule has 0 spiro atoms. The van der Waals surface area contributed by atoms with Crippen LogP contribution in [-0.2, 0) is 28.0 Å². The molecule has 5 aliphatic rings. The number of esters is 1. The third-order valence-electron chi connectivity index (χ3n) is 10.1. The lowest BCUT2D eigenvalue weighted by Gasteiger charge is -2.55. The number of methoxy groups -OCH3 is 1. The maximum Gasteiger partial charge on any atom is 0.432 e. The van der Waals surface area contributed by atoms with Gasteiger partial charge in [-0.15, -0.1) is 0 Å². The Morgan fingerprint density at radius 2 is 1.48 bits per heavy atom. The molecule has 2 aromatic rings. The van der Waals surface area contributed by atoms with Gasteiger partial charge in [-0.2, -0.15) is 30.4 Å². The fourth-order valence-electron chi connectivity index (χ4n) is 8.47. The van der Waals surface area contributed by atoms with Gasteiger partial charge < -0.3 is 14.2 Å². The molecule has 1 heterocycles. The molecule has 0 amide bonds. The summed E-state index contributed by atoms with van der Waals surface area (Å²) in [5.41, 5.74) is -1.30. The van der Waals surface area contributed by atoms with E-state index in [2.05, 4.69) is 4.74 Å². The Kier molecular flexibility index (Phi) is 9.08. The largest absolute Gasteiger partial charge is 0.491 e. The number of hydrogen-bond donors (Lipinski definition) is 0. The second-order valence-corrected chi connectivity index (χ2v) is 18.2. The minimum atomic E-state index is -6.29. The van der Waals surface area contributed by atoms with Crippen molar-refractivity contribution in [3.05, 3.63) is 36.4 Å². The molecule has 0 radical (unpaired) electrons. The van der Waals surface area contributed by atoms with E-state index in [0.717, 1.165) is 19.3 Å². The van der Waals surface area contributed by atoms with Gasteiger partial charge in [0, 0.05) is 28.9 Å². The summed E-state index contributed by atoms with van der Waals surface area (Å²) in [6, 6.07) is 9.95. The number of benzene rings is 2. The highest BCUT2D eigenvalue weighted by molar-refractivity contribution is 8.33. The summed E-state index contributed by atoms with van der Waals surface area (Å²) in [5, 5.41) is -4.54. The first kappa shape index (κ1) is 33.7. The SMILES string of the molecule is COCCOc1ccc(S2(OS(=O)(=O)C(F)(F)C(OC(=O)C34CC5CC(CC(C5)C3)C4)C(F)(F)F)CCCCC2)c2ccccc12. The lowest BCUT2D eigenvalue weighted by molar-refractivity contribution is -0.266. The quantitative estimate of drug-likeness (QED) is 0.135. The highest BCUT2D eigenvalue weighted by atomic mass is 32.3. The Balaban J connectivity index is 1.33. The van der Waals surface area contributed by atoms with E-state index in [4.69, 9.17) is 13.1 Å². The van der Waals surface area contributed by atoms with E-state index < -0.39 is 49.3 Å². The molecule has 1 unspecified atom stereocenters. The van der Waals surface area contributed by atoms with Crippen LogP contribution in [0.15, 0.2) is 41.3 Å². The van der Waals surface area contributed by atoms with Gasteiger partial charge in [0.15, 0.2) is 0 Å². The third-order valence-corrected chi connectivity index (χ3v) is 15.8. The number of rotatable bonds is 11. The molecule has 1 atom stereocenters. The summed E-state index contributed by atoms with van der Waals surface area (Å²) >= 11 is 0. The van der Waals surface area contributed by atoms with Gasteiger partial charge in [-0.05, 0) is 86.6 Å². The number of carbonyl (C=O) groups excluding carboxylic acids is 1. The lowest BCUT2D eigenvalue weighted by Crippen LogP contribution is -2.57. The van der Waals surface area contributed by atoms with E-state index >= 15 is 8.78 Å². The molecule has 2 aromatic carbocycles. The molecule has 5 fully saturated rings. The van der Waals surface area contributed by atoms with E-state index in [1.165, 1.54) is 7.11 Å². The lowest BCUT2D eigenvalue weighted by atomic mass is 9.49. The van der Waals surface area contributed by atoms with Gasteiger partial charge in [0.05, 0.1) is 12.0 Å². The molecule has 4 bridgehead atoms. The topological polar surface area (TPSA) is 88.1 Å². The molecule has 4 saturated carbocycles. The molecule has 46 heavy (non-hydrogen) atoms. The number of carbonyl (C=O) groups is 1. The first-order chi connectivity index (χ1) is 21.7. The standard InChI is InChI=1S/C32H39F5O7S2/c1-41-11-12-42-26-9-10-27(25-8-4-3-7-24(25)26)45(13-5-2-6-14-45)44-46(39,40)32(36,37)28(31(33,34)35)43-29(38)30-18-21-15-22(19-30)17-23(16-21)20-30/h3-4,7-10,21-23,28H,2,5-6,11-20H2,1H3. The van der Waals surface area contributed by atoms with Gasteiger partial charge in [-0.25, -0.2) is 3.63 Å². The highest BCUT2D eigenvalue weighted by Gasteiger charge is 2.69. The van der Waals surface area contributed by atoms with Crippen molar-refractivity contribution in [2.75, 3.05) is 31.8 Å². The zero-order valence-corrected chi connectivity index (χ0v) is 27.2. The number of fused-ring (bicyclic) bond motifs is 1. The van der Waals surface area contributed by atoms with Crippen LogP contribution in [0.25, 0.3) is 10.8 Å². The van der Waals surface area contributed by atoms with E-state index in [9.17, 15) is 26.4 Å². The van der Waals surface area contributed by atoms with Crippen LogP contribution in [0.1, 0.15) is 57.8 Å². The molecule has 1 saturated heterocycles. The van der Waals surface area contributed by atoms with Crippen molar-refractivity contribution in [1.29, 1.82) is 0 Å². The Morgan fingerprint density at radius 1 is 0.891 bits per heavy atom. The van der Waals surface area contributed by atoms with Crippen molar-refractivity contribution in [3.8, 4) is 5.75 Å². The summed E-state index contributed by atoms with van der Waals surface area (Å²) in [6.07, 6.45) is -5.18. The number of halogens is 5. The highest BCUT2D eigenvalue weighted by Crippen LogP contribution is 2.65. The van der Waals surface area contributed by atoms with Crippen LogP contribution in [-0.4, -0.2) is 63.8 Å². The second-order valence-electron chi connectivity index (χ2n) is 13.3. The molecule has 7 rings (SSSR count). The normalized spacial score (nSPS) is 29.0. The molecular formula is C32H39F5O7S2. The van der Waals surface area contributed by atoms with Gasteiger partial charge in [0.2, 0.25) is 0 Å². The maximum absolute atomic E-state index is 16.0. The number of alkyl halides is 5. The van der Waals surface area contributed by atoms with Gasteiger partial charge in [-0.3, -0.25) is 4.79 Å². The average Bonchev–Trinajstić information content (AvgIpc) is 2.98. The van der Waals surface area contributed by atoms with Crippen molar-refractivity contribution >= 4 is 37.2 Å². The molecule has 7 nitrogen and oxygen atoms in total. The van der Waals surface area contributed by atoms with Crippen LogP contribution >= 0.6 is 10.3 Å². The Bertz CT molecular complexity index is 1520. The van der Waals surface area contributed by atoms with Gasteiger partial charge in [0.25, 0.3) is 6.10 Å². The molecule has 14 heteroatoms. The van der Waals surface area contributed by atoms with E-state index in [-0.39, 0.29) is 55.1 Å². The van der Waals surface area contributed by atoms with Crippen LogP contribution in [0.2, 0.25) is 0 Å². The summed E-state index contributed by atoms with van der Waals surface area (Å²) in [4.78, 5) is 13.7. The predicted octanol–water partition coefficient (Wildman–Crippen LogP) is 7.76. The Labute approximate surface area is 267 Å². The fourth-order valence-corrected chi connectivity index (χ4v) is 14.4. The number of ether oxygens (including phenoxy) is 3. The van der Waals surface area contributed by atoms with E-state index in [0.29, 0.717) is 47.3 Å². The van der Waals surface area contributed by atoms with Crippen molar-refractivity contribution in [2.45, 2.75) is 80.2 Å². The molecule has 256 valence electrons. The molecule has 1 aliphatic heterocycles. The van der Waals surface area contributed by atoms with Gasteiger partial charge in [-0.1, -0.05) is 41.0 Å². The molecule has 0 N–H and O–H groups in total. The molecule has 0 aromatic heterocycles. The Hall–Kier alpha value is -2.16. The van der Waals surface area contributed by atoms with Crippen molar-refractivity contribution in [3.63, 3.8) is 0 Å². The minimum Gasteiger partial charge on any atom is -0.491 e. The summed E-state index contributed by atoms with van der Waals surface area (Å²) in [6.45, 7) is 0.519. The van der Waals surface area contributed by atoms with E-state index in [1.807, 2.05) is 0 Å². The van der Waals surface area contributed by atoms with Crippen LogP contribution in [0.3, 0.4) is 0 Å². The van der Waals surface area contributed by atoms with Crippen molar-refractivity contribution < 1.29 is 53.0 Å². The zero-order valence-electron chi connectivity index (χ0n) is 25.5. The molecule has 4 aliphatic carbocycles.